The molecule has 1 amide bonds. The molecule has 37 heavy (non-hydrogen) atoms. The van der Waals surface area contributed by atoms with Gasteiger partial charge in [-0.3, -0.25) is 9.69 Å². The maximum atomic E-state index is 13.6. The second kappa shape index (κ2) is 11.8. The molecule has 0 aliphatic carbocycles. The lowest BCUT2D eigenvalue weighted by Crippen LogP contribution is -2.56. The zero-order chi connectivity index (χ0) is 25.6. The van der Waals surface area contributed by atoms with Crippen LogP contribution in [-0.2, 0) is 17.7 Å². The molecule has 1 aromatic heterocycles. The number of nitrogens with one attached hydrogen (secondary N) is 1. The van der Waals surface area contributed by atoms with Crippen LogP contribution in [0.2, 0.25) is 0 Å². The molecule has 0 spiro atoms. The number of carbonyl (C=O) groups excluding carboxylic acids is 1. The fraction of sp³-hybridized carbons (Fsp3) is 0.414. The van der Waals surface area contributed by atoms with E-state index in [4.69, 9.17) is 4.74 Å². The molecule has 0 bridgehead atoms. The Morgan fingerprint density at radius 3 is 2.65 bits per heavy atom. The molecule has 3 heterocycles. The summed E-state index contributed by atoms with van der Waals surface area (Å²) in [6, 6.07) is 19.9. The molecule has 2 atom stereocenters. The lowest BCUT2D eigenvalue weighted by molar-refractivity contribution is -0.0139. The van der Waals surface area contributed by atoms with Crippen molar-refractivity contribution >= 4 is 11.7 Å². The summed E-state index contributed by atoms with van der Waals surface area (Å²) in [6.45, 7) is 3.97. The van der Waals surface area contributed by atoms with Crippen molar-refractivity contribution in [1.82, 2.24) is 19.8 Å². The van der Waals surface area contributed by atoms with Crippen molar-refractivity contribution in [3.8, 4) is 11.4 Å². The molecule has 3 aromatic rings. The normalized spacial score (nSPS) is 19.9. The molecule has 8 nitrogen and oxygen atoms in total. The topological polar surface area (TPSA) is 90.8 Å². The van der Waals surface area contributed by atoms with Gasteiger partial charge in [0.25, 0.3) is 5.91 Å². The molecule has 5 rings (SSSR count). The van der Waals surface area contributed by atoms with Gasteiger partial charge < -0.3 is 20.1 Å². The number of fused-ring (bicyclic) bond motifs is 1. The summed E-state index contributed by atoms with van der Waals surface area (Å²) in [6.07, 6.45) is 1.94. The van der Waals surface area contributed by atoms with E-state index in [2.05, 4.69) is 44.5 Å². The average Bonchev–Trinajstić information content (AvgIpc) is 2.95. The first-order valence-electron chi connectivity index (χ1n) is 13.1. The number of ether oxygens (including phenoxy) is 1. The minimum atomic E-state index is -0.606. The number of amides is 1. The van der Waals surface area contributed by atoms with E-state index in [0.717, 1.165) is 37.9 Å². The van der Waals surface area contributed by atoms with Gasteiger partial charge in [0.2, 0.25) is 0 Å². The predicted octanol–water partition coefficient (Wildman–Crippen LogP) is 3.23. The van der Waals surface area contributed by atoms with Crippen molar-refractivity contribution in [3.63, 3.8) is 0 Å². The number of rotatable bonds is 8. The molecule has 2 aliphatic rings. The van der Waals surface area contributed by atoms with Crippen LogP contribution in [0.4, 0.5) is 5.82 Å². The molecule has 194 valence electrons. The van der Waals surface area contributed by atoms with Crippen LogP contribution < -0.4 is 5.32 Å². The molecule has 0 saturated carbocycles. The van der Waals surface area contributed by atoms with Crippen LogP contribution in [0.25, 0.3) is 11.4 Å². The molecule has 0 unspecified atom stereocenters. The van der Waals surface area contributed by atoms with Crippen LogP contribution >= 0.6 is 0 Å². The lowest BCUT2D eigenvalue weighted by Gasteiger charge is -2.43. The molecule has 0 radical (unpaired) electrons. The number of piperidine rings is 1. The highest BCUT2D eigenvalue weighted by Crippen LogP contribution is 2.26. The zero-order valence-corrected chi connectivity index (χ0v) is 21.3. The third kappa shape index (κ3) is 5.98. The number of carbonyl (C=O) groups is 1. The SMILES string of the molecule is COCCCNc1cc(C(=O)N2CC[C@H](N3CCc4ccccc4C3)[C@@H](O)C2)nc(-c2ccccc2)n1. The number of hydrogen-bond donors (Lipinski definition) is 2. The van der Waals surface area contributed by atoms with Gasteiger partial charge in [-0.15, -0.1) is 0 Å². The number of β-amino-alcohol motifs (C(OH)–C–C–N with tert-alkyl or cyclic N) is 1. The summed E-state index contributed by atoms with van der Waals surface area (Å²) in [5.74, 6) is 0.930. The van der Waals surface area contributed by atoms with Gasteiger partial charge in [-0.05, 0) is 30.4 Å². The Labute approximate surface area is 218 Å². The van der Waals surface area contributed by atoms with E-state index < -0.39 is 6.10 Å². The number of aliphatic hydroxyl groups excluding tert-OH is 1. The third-order valence-corrected chi connectivity index (χ3v) is 7.27. The largest absolute Gasteiger partial charge is 0.390 e. The molecule has 2 N–H and O–H groups in total. The minimum Gasteiger partial charge on any atom is -0.390 e. The third-order valence-electron chi connectivity index (χ3n) is 7.27. The Bertz CT molecular complexity index is 1210. The highest BCUT2D eigenvalue weighted by Gasteiger charge is 2.35. The first-order chi connectivity index (χ1) is 18.1. The Balaban J connectivity index is 1.29. The Kier molecular flexibility index (Phi) is 8.08. The molecular weight excluding hydrogens is 466 g/mol. The van der Waals surface area contributed by atoms with Gasteiger partial charge in [0.15, 0.2) is 5.82 Å². The van der Waals surface area contributed by atoms with Gasteiger partial charge in [0.05, 0.1) is 6.10 Å². The van der Waals surface area contributed by atoms with Crippen molar-refractivity contribution in [2.75, 3.05) is 45.2 Å². The molecule has 2 aromatic carbocycles. The quantitative estimate of drug-likeness (QED) is 0.458. The predicted molar refractivity (Wildman–Crippen MR) is 143 cm³/mol. The van der Waals surface area contributed by atoms with Crippen molar-refractivity contribution < 1.29 is 14.6 Å². The summed E-state index contributed by atoms with van der Waals surface area (Å²) < 4.78 is 5.13. The van der Waals surface area contributed by atoms with E-state index in [0.29, 0.717) is 43.6 Å². The van der Waals surface area contributed by atoms with Gasteiger partial charge in [0.1, 0.15) is 11.5 Å². The summed E-state index contributed by atoms with van der Waals surface area (Å²) in [5.41, 5.74) is 3.91. The van der Waals surface area contributed by atoms with Gasteiger partial charge in [0, 0.05) is 64.1 Å². The van der Waals surface area contributed by atoms with Gasteiger partial charge >= 0.3 is 0 Å². The smallest absolute Gasteiger partial charge is 0.272 e. The van der Waals surface area contributed by atoms with Crippen molar-refractivity contribution in [3.05, 3.63) is 77.5 Å². The van der Waals surface area contributed by atoms with E-state index in [1.807, 2.05) is 30.3 Å². The van der Waals surface area contributed by atoms with Crippen LogP contribution in [-0.4, -0.2) is 82.8 Å². The van der Waals surface area contributed by atoms with E-state index in [1.54, 1.807) is 18.1 Å². The highest BCUT2D eigenvalue weighted by molar-refractivity contribution is 5.93. The highest BCUT2D eigenvalue weighted by atomic mass is 16.5. The fourth-order valence-corrected chi connectivity index (χ4v) is 5.29. The van der Waals surface area contributed by atoms with Crippen LogP contribution in [0.5, 0.6) is 0 Å². The summed E-state index contributed by atoms with van der Waals surface area (Å²) in [4.78, 5) is 26.9. The number of benzene rings is 2. The maximum absolute atomic E-state index is 13.6. The monoisotopic (exact) mass is 501 g/mol. The van der Waals surface area contributed by atoms with Crippen LogP contribution in [0, 0.1) is 0 Å². The molecule has 8 heteroatoms. The van der Waals surface area contributed by atoms with Gasteiger partial charge in [-0.2, -0.15) is 0 Å². The number of aliphatic hydroxyl groups is 1. The first-order valence-corrected chi connectivity index (χ1v) is 13.1. The molecule has 1 saturated heterocycles. The van der Waals surface area contributed by atoms with Crippen LogP contribution in [0.15, 0.2) is 60.7 Å². The van der Waals surface area contributed by atoms with E-state index >= 15 is 0 Å². The molecular formula is C29H35N5O3. The second-order valence-corrected chi connectivity index (χ2v) is 9.76. The number of anilines is 1. The van der Waals surface area contributed by atoms with Crippen molar-refractivity contribution in [2.24, 2.45) is 0 Å². The number of hydrogen-bond acceptors (Lipinski definition) is 7. The summed E-state index contributed by atoms with van der Waals surface area (Å²) in [7, 11) is 1.68. The molecule has 2 aliphatic heterocycles. The van der Waals surface area contributed by atoms with Gasteiger partial charge in [-0.25, -0.2) is 9.97 Å². The van der Waals surface area contributed by atoms with Crippen molar-refractivity contribution in [2.45, 2.75) is 38.0 Å². The standard InChI is InChI=1S/C29H35N5O3/c1-37-17-7-14-30-27-18-24(31-28(32-27)22-9-3-2-4-10-22)29(36)34-16-13-25(26(35)20-34)33-15-12-21-8-5-6-11-23(21)19-33/h2-6,8-11,18,25-26,35H,7,12-17,19-20H2,1H3,(H,30,31,32)/t25-,26-/m0/s1. The zero-order valence-electron chi connectivity index (χ0n) is 21.3. The molecule has 1 fully saturated rings. The first kappa shape index (κ1) is 25.3. The number of nitrogens with zero attached hydrogens (tertiary/aromatic N) is 4. The van der Waals surface area contributed by atoms with Crippen LogP contribution in [0.3, 0.4) is 0 Å². The van der Waals surface area contributed by atoms with Gasteiger partial charge in [-0.1, -0.05) is 54.6 Å². The number of likely N-dealkylation sites (tertiary alicyclic amines) is 1. The average molecular weight is 502 g/mol. The van der Waals surface area contributed by atoms with E-state index in [-0.39, 0.29) is 11.9 Å². The summed E-state index contributed by atoms with van der Waals surface area (Å²) >= 11 is 0. The number of methoxy groups -OCH3 is 1. The Morgan fingerprint density at radius 2 is 1.86 bits per heavy atom. The second-order valence-electron chi connectivity index (χ2n) is 9.76. The number of aromatic nitrogens is 2. The van der Waals surface area contributed by atoms with E-state index in [1.165, 1.54) is 11.1 Å². The fourth-order valence-electron chi connectivity index (χ4n) is 5.29. The Hall–Kier alpha value is -3.33. The summed E-state index contributed by atoms with van der Waals surface area (Å²) in [5, 5.41) is 14.4. The lowest BCUT2D eigenvalue weighted by atomic mass is 9.94. The van der Waals surface area contributed by atoms with E-state index in [9.17, 15) is 9.90 Å². The Morgan fingerprint density at radius 1 is 1.08 bits per heavy atom. The van der Waals surface area contributed by atoms with Crippen molar-refractivity contribution in [1.29, 1.82) is 0 Å². The maximum Gasteiger partial charge on any atom is 0.272 e. The minimum absolute atomic E-state index is 0.0423. The van der Waals surface area contributed by atoms with Crippen LogP contribution in [0.1, 0.15) is 34.5 Å².